The van der Waals surface area contributed by atoms with Gasteiger partial charge in [0.2, 0.25) is 0 Å². The number of aromatic nitrogens is 1. The van der Waals surface area contributed by atoms with Crippen LogP contribution in [0.25, 0.3) is 5.57 Å². The molecular formula is C18H24N4O5. The van der Waals surface area contributed by atoms with Gasteiger partial charge >= 0.3 is 12.1 Å². The summed E-state index contributed by atoms with van der Waals surface area (Å²) in [5.74, 6) is 0.559. The van der Waals surface area contributed by atoms with Crippen LogP contribution < -0.4 is 5.32 Å². The Hall–Kier alpha value is -2.81. The predicted octanol–water partition coefficient (Wildman–Crippen LogP) is 2.19. The van der Waals surface area contributed by atoms with Crippen molar-refractivity contribution in [2.75, 3.05) is 19.7 Å². The molecule has 3 amide bonds. The van der Waals surface area contributed by atoms with Crippen molar-refractivity contribution in [3.63, 3.8) is 0 Å². The van der Waals surface area contributed by atoms with Gasteiger partial charge < -0.3 is 19.4 Å². The molecule has 1 aromatic heterocycles. The maximum absolute atomic E-state index is 12.8. The zero-order chi connectivity index (χ0) is 19.6. The van der Waals surface area contributed by atoms with Crippen LogP contribution in [0.1, 0.15) is 26.5 Å². The van der Waals surface area contributed by atoms with Crippen molar-refractivity contribution < 1.29 is 23.6 Å². The number of urea groups is 1. The first-order valence-electron chi connectivity index (χ1n) is 8.71. The number of oxazole rings is 1. The van der Waals surface area contributed by atoms with Gasteiger partial charge in [-0.3, -0.25) is 4.84 Å². The lowest BCUT2D eigenvalue weighted by molar-refractivity contribution is -0.106. The van der Waals surface area contributed by atoms with Crippen molar-refractivity contribution in [1.82, 2.24) is 20.3 Å². The highest BCUT2D eigenvalue weighted by molar-refractivity contribution is 5.85. The number of alkyl carbamates (subject to hydrolysis) is 1. The van der Waals surface area contributed by atoms with Crippen LogP contribution in [0, 0.1) is 0 Å². The van der Waals surface area contributed by atoms with E-state index >= 15 is 0 Å². The summed E-state index contributed by atoms with van der Waals surface area (Å²) in [4.78, 5) is 35.9. The van der Waals surface area contributed by atoms with Gasteiger partial charge in [-0.25, -0.2) is 14.6 Å². The number of carbonyl (C=O) groups excluding carboxylic acids is 2. The summed E-state index contributed by atoms with van der Waals surface area (Å²) in [5.41, 5.74) is 0.191. The summed E-state index contributed by atoms with van der Waals surface area (Å²) in [7, 11) is 0. The summed E-state index contributed by atoms with van der Waals surface area (Å²) in [6.45, 7) is 9.82. The van der Waals surface area contributed by atoms with Crippen molar-refractivity contribution in [3.8, 4) is 0 Å². The van der Waals surface area contributed by atoms with Gasteiger partial charge in [0.25, 0.3) is 0 Å². The van der Waals surface area contributed by atoms with Crippen LogP contribution in [-0.4, -0.2) is 64.5 Å². The van der Waals surface area contributed by atoms with Crippen molar-refractivity contribution in [2.24, 2.45) is 0 Å². The third-order valence-corrected chi connectivity index (χ3v) is 4.12. The molecular weight excluding hydrogens is 352 g/mol. The first-order chi connectivity index (χ1) is 12.8. The Morgan fingerprint density at radius 1 is 1.52 bits per heavy atom. The number of nitrogens with zero attached hydrogens (tertiary/aromatic N) is 3. The van der Waals surface area contributed by atoms with E-state index in [0.29, 0.717) is 12.3 Å². The standard InChI is InChI=1S/C18H24N4O5/c1-5-6-26-22-14-10-21(17(22)24)12(7-13(14)15-9-19-11-25-15)8-20-16(23)27-18(2,3)4/h5,7,9,11-12,14H,1,6,8,10H2,2-4H3,(H,20,23)/t12-,14-/m0/s1. The number of hydrogen-bond acceptors (Lipinski definition) is 6. The lowest BCUT2D eigenvalue weighted by Gasteiger charge is -2.29. The molecule has 1 saturated heterocycles. The number of carbonyl (C=O) groups is 2. The van der Waals surface area contributed by atoms with Gasteiger partial charge in [0.15, 0.2) is 12.2 Å². The third kappa shape index (κ3) is 4.13. The summed E-state index contributed by atoms with van der Waals surface area (Å²) in [5, 5.41) is 4.04. The maximum Gasteiger partial charge on any atom is 0.407 e. The van der Waals surface area contributed by atoms with Gasteiger partial charge in [0.1, 0.15) is 11.6 Å². The van der Waals surface area contributed by atoms with Crippen molar-refractivity contribution in [2.45, 2.75) is 38.5 Å². The minimum absolute atomic E-state index is 0.209. The third-order valence-electron chi connectivity index (χ3n) is 4.12. The van der Waals surface area contributed by atoms with E-state index in [9.17, 15) is 9.59 Å². The van der Waals surface area contributed by atoms with Gasteiger partial charge in [0, 0.05) is 12.1 Å². The summed E-state index contributed by atoms with van der Waals surface area (Å²) < 4.78 is 10.7. The Morgan fingerprint density at radius 3 is 2.93 bits per heavy atom. The fourth-order valence-corrected chi connectivity index (χ4v) is 3.06. The minimum Gasteiger partial charge on any atom is -0.444 e. The Morgan fingerprint density at radius 2 is 2.30 bits per heavy atom. The van der Waals surface area contributed by atoms with E-state index in [0.717, 1.165) is 5.57 Å². The Balaban J connectivity index is 1.78. The lowest BCUT2D eigenvalue weighted by atomic mass is 9.98. The van der Waals surface area contributed by atoms with Crippen LogP contribution >= 0.6 is 0 Å². The molecule has 1 aromatic rings. The van der Waals surface area contributed by atoms with Crippen molar-refractivity contribution >= 4 is 17.7 Å². The largest absolute Gasteiger partial charge is 0.444 e. The maximum atomic E-state index is 12.8. The first-order valence-corrected chi connectivity index (χ1v) is 8.71. The van der Waals surface area contributed by atoms with Crippen LogP contribution in [0.4, 0.5) is 9.59 Å². The van der Waals surface area contributed by atoms with E-state index in [1.54, 1.807) is 37.9 Å². The molecule has 0 aliphatic carbocycles. The van der Waals surface area contributed by atoms with E-state index < -0.39 is 11.7 Å². The smallest absolute Gasteiger partial charge is 0.407 e. The molecule has 9 nitrogen and oxygen atoms in total. The average Bonchev–Trinajstić information content (AvgIpc) is 3.20. The highest BCUT2D eigenvalue weighted by Gasteiger charge is 2.47. The molecule has 1 fully saturated rings. The highest BCUT2D eigenvalue weighted by Crippen LogP contribution is 2.35. The number of fused-ring (bicyclic) bond motifs is 2. The van der Waals surface area contributed by atoms with E-state index in [1.807, 2.05) is 6.08 Å². The zero-order valence-corrected chi connectivity index (χ0v) is 15.7. The normalized spacial score (nSPS) is 21.9. The fraction of sp³-hybridized carbons (Fsp3) is 0.500. The SMILES string of the molecule is C=CCON1C(=O)N2C[C@H]1C(c1cnco1)=C[C@H]2CNC(=O)OC(C)(C)C. The second-order valence-corrected chi connectivity index (χ2v) is 7.30. The van der Waals surface area contributed by atoms with Crippen LogP contribution in [0.3, 0.4) is 0 Å². The molecule has 9 heteroatoms. The van der Waals surface area contributed by atoms with E-state index in [-0.39, 0.29) is 31.3 Å². The number of hydrogen-bond donors (Lipinski definition) is 1. The molecule has 1 N–H and O–H groups in total. The molecule has 0 saturated carbocycles. The van der Waals surface area contributed by atoms with E-state index in [4.69, 9.17) is 14.0 Å². The molecule has 27 heavy (non-hydrogen) atoms. The second-order valence-electron chi connectivity index (χ2n) is 7.30. The molecule has 3 heterocycles. The zero-order valence-electron chi connectivity index (χ0n) is 15.7. The Bertz CT molecular complexity index is 737. The quantitative estimate of drug-likeness (QED) is 0.765. The van der Waals surface area contributed by atoms with Crippen LogP contribution in [0.15, 0.2) is 35.7 Å². The van der Waals surface area contributed by atoms with Crippen LogP contribution in [0.5, 0.6) is 0 Å². The number of nitrogens with one attached hydrogen (secondary N) is 1. The van der Waals surface area contributed by atoms with Gasteiger partial charge in [-0.1, -0.05) is 12.2 Å². The van der Waals surface area contributed by atoms with Crippen molar-refractivity contribution in [1.29, 1.82) is 0 Å². The van der Waals surface area contributed by atoms with Gasteiger partial charge in [-0.2, -0.15) is 5.06 Å². The Labute approximate surface area is 157 Å². The molecule has 2 bridgehead atoms. The monoisotopic (exact) mass is 376 g/mol. The predicted molar refractivity (Wildman–Crippen MR) is 96.4 cm³/mol. The van der Waals surface area contributed by atoms with E-state index in [1.165, 1.54) is 11.5 Å². The van der Waals surface area contributed by atoms with Gasteiger partial charge in [-0.15, -0.1) is 6.58 Å². The lowest BCUT2D eigenvalue weighted by Crippen LogP contribution is -2.46. The molecule has 0 spiro atoms. The summed E-state index contributed by atoms with van der Waals surface area (Å²) >= 11 is 0. The molecule has 0 aromatic carbocycles. The number of rotatable bonds is 6. The van der Waals surface area contributed by atoms with Crippen LogP contribution in [-0.2, 0) is 9.57 Å². The summed E-state index contributed by atoms with van der Waals surface area (Å²) in [6.07, 6.45) is 5.85. The van der Waals surface area contributed by atoms with Gasteiger partial charge in [0.05, 0.1) is 25.4 Å². The molecule has 2 aliphatic rings. The van der Waals surface area contributed by atoms with Crippen molar-refractivity contribution in [3.05, 3.63) is 37.1 Å². The van der Waals surface area contributed by atoms with Crippen LogP contribution in [0.2, 0.25) is 0 Å². The highest BCUT2D eigenvalue weighted by atomic mass is 16.7. The molecule has 2 aliphatic heterocycles. The molecule has 2 atom stereocenters. The molecule has 3 rings (SSSR count). The average molecular weight is 376 g/mol. The molecule has 0 radical (unpaired) electrons. The van der Waals surface area contributed by atoms with E-state index in [2.05, 4.69) is 16.9 Å². The number of amides is 3. The number of hydroxylamine groups is 2. The number of ether oxygens (including phenoxy) is 1. The minimum atomic E-state index is -0.596. The first kappa shape index (κ1) is 19.0. The summed E-state index contributed by atoms with van der Waals surface area (Å²) in [6, 6.07) is -0.953. The topological polar surface area (TPSA) is 97.1 Å². The fourth-order valence-electron chi connectivity index (χ4n) is 3.06. The Kier molecular flexibility index (Phi) is 5.22. The molecule has 146 valence electrons. The second kappa shape index (κ2) is 7.43. The molecule has 0 unspecified atom stereocenters. The van der Waals surface area contributed by atoms with Gasteiger partial charge in [-0.05, 0) is 20.8 Å².